The average molecular weight is 200 g/mol. The lowest BCUT2D eigenvalue weighted by Crippen LogP contribution is -2.31. The normalized spacial score (nSPS) is 9.86. The van der Waals surface area contributed by atoms with Crippen LogP contribution < -0.4 is 11.1 Å². The van der Waals surface area contributed by atoms with E-state index in [1.165, 1.54) is 0 Å². The second-order valence-corrected chi connectivity index (χ2v) is 2.78. The Morgan fingerprint density at radius 3 is 2.79 bits per heavy atom. The Bertz CT molecular complexity index is 342. The maximum atomic E-state index is 13.0. The van der Waals surface area contributed by atoms with Crippen molar-refractivity contribution in [2.45, 2.75) is 6.42 Å². The van der Waals surface area contributed by atoms with Crippen molar-refractivity contribution in [1.82, 2.24) is 5.32 Å². The number of rotatable bonds is 3. The third kappa shape index (κ3) is 3.01. The summed E-state index contributed by atoms with van der Waals surface area (Å²) in [5.74, 6) is -0.988. The summed E-state index contributed by atoms with van der Waals surface area (Å²) >= 11 is 0. The number of benzene rings is 1. The van der Waals surface area contributed by atoms with Gasteiger partial charge in [-0.15, -0.1) is 0 Å². The van der Waals surface area contributed by atoms with E-state index in [-0.39, 0.29) is 18.5 Å². The molecular weight excluding hydrogens is 190 g/mol. The summed E-state index contributed by atoms with van der Waals surface area (Å²) in [5.41, 5.74) is 5.03. The molecule has 5 heteroatoms. The van der Waals surface area contributed by atoms with Gasteiger partial charge in [-0.1, -0.05) is 0 Å². The largest absolute Gasteiger partial charge is 0.352 e. The van der Waals surface area contributed by atoms with Crippen molar-refractivity contribution in [2.24, 2.45) is 5.73 Å². The SMILES string of the molecule is NC(=O)NCCc1cc(F)ccc1F. The smallest absolute Gasteiger partial charge is 0.312 e. The van der Waals surface area contributed by atoms with Crippen LogP contribution in [0.5, 0.6) is 0 Å². The molecule has 0 radical (unpaired) electrons. The van der Waals surface area contributed by atoms with Crippen LogP contribution in [0.25, 0.3) is 0 Å². The van der Waals surface area contributed by atoms with Gasteiger partial charge >= 0.3 is 6.03 Å². The van der Waals surface area contributed by atoms with Crippen LogP contribution in [0.3, 0.4) is 0 Å². The fourth-order valence-corrected chi connectivity index (χ4v) is 1.06. The first-order valence-electron chi connectivity index (χ1n) is 4.07. The van der Waals surface area contributed by atoms with Crippen molar-refractivity contribution < 1.29 is 13.6 Å². The third-order valence-corrected chi connectivity index (χ3v) is 1.70. The van der Waals surface area contributed by atoms with Gasteiger partial charge in [0, 0.05) is 6.54 Å². The molecule has 1 aromatic rings. The molecule has 3 N–H and O–H groups in total. The number of nitrogens with two attached hydrogens (primary N) is 1. The number of hydrogen-bond acceptors (Lipinski definition) is 1. The van der Waals surface area contributed by atoms with Crippen LogP contribution in [0.2, 0.25) is 0 Å². The first-order valence-corrected chi connectivity index (χ1v) is 4.07. The van der Waals surface area contributed by atoms with E-state index < -0.39 is 17.7 Å². The molecule has 0 spiro atoms. The molecule has 0 aliphatic heterocycles. The quantitative estimate of drug-likeness (QED) is 0.756. The van der Waals surface area contributed by atoms with Gasteiger partial charge < -0.3 is 11.1 Å². The minimum Gasteiger partial charge on any atom is -0.352 e. The van der Waals surface area contributed by atoms with Gasteiger partial charge in [-0.2, -0.15) is 0 Å². The van der Waals surface area contributed by atoms with Crippen molar-refractivity contribution in [1.29, 1.82) is 0 Å². The molecule has 0 heterocycles. The van der Waals surface area contributed by atoms with Gasteiger partial charge in [-0.05, 0) is 30.2 Å². The molecule has 0 saturated heterocycles. The van der Waals surface area contributed by atoms with E-state index in [9.17, 15) is 13.6 Å². The Kier molecular flexibility index (Phi) is 3.39. The highest BCUT2D eigenvalue weighted by molar-refractivity contribution is 5.71. The van der Waals surface area contributed by atoms with Crippen LogP contribution in [-0.4, -0.2) is 12.6 Å². The van der Waals surface area contributed by atoms with E-state index in [2.05, 4.69) is 5.32 Å². The number of urea groups is 1. The van der Waals surface area contributed by atoms with Crippen LogP contribution in [0.15, 0.2) is 18.2 Å². The summed E-state index contributed by atoms with van der Waals surface area (Å²) in [7, 11) is 0. The first kappa shape index (κ1) is 10.4. The molecule has 0 atom stereocenters. The van der Waals surface area contributed by atoms with Crippen molar-refractivity contribution >= 4 is 6.03 Å². The number of nitrogens with one attached hydrogen (secondary N) is 1. The molecule has 1 aromatic carbocycles. The molecule has 14 heavy (non-hydrogen) atoms. The molecule has 0 aliphatic carbocycles. The summed E-state index contributed by atoms with van der Waals surface area (Å²) in [6, 6.07) is 2.51. The highest BCUT2D eigenvalue weighted by atomic mass is 19.1. The van der Waals surface area contributed by atoms with Crippen LogP contribution in [-0.2, 0) is 6.42 Å². The minimum atomic E-state index is -0.679. The fraction of sp³-hybridized carbons (Fsp3) is 0.222. The van der Waals surface area contributed by atoms with E-state index in [0.29, 0.717) is 0 Å². The zero-order valence-electron chi connectivity index (χ0n) is 7.39. The zero-order valence-corrected chi connectivity index (χ0v) is 7.39. The average Bonchev–Trinajstić information content (AvgIpc) is 2.10. The van der Waals surface area contributed by atoms with Gasteiger partial charge in [0.2, 0.25) is 0 Å². The van der Waals surface area contributed by atoms with Gasteiger partial charge in [0.1, 0.15) is 11.6 Å². The lowest BCUT2D eigenvalue weighted by molar-refractivity contribution is 0.249. The zero-order chi connectivity index (χ0) is 10.6. The fourth-order valence-electron chi connectivity index (χ4n) is 1.06. The molecule has 0 aliphatic rings. The van der Waals surface area contributed by atoms with Crippen LogP contribution in [0.4, 0.5) is 13.6 Å². The summed E-state index contributed by atoms with van der Waals surface area (Å²) < 4.78 is 25.6. The van der Waals surface area contributed by atoms with Crippen LogP contribution >= 0.6 is 0 Å². The number of hydrogen-bond donors (Lipinski definition) is 2. The second kappa shape index (κ2) is 4.55. The molecule has 0 unspecified atom stereocenters. The summed E-state index contributed by atoms with van der Waals surface area (Å²) in [6.45, 7) is 0.190. The maximum Gasteiger partial charge on any atom is 0.312 e. The molecule has 0 fully saturated rings. The molecule has 1 rings (SSSR count). The Balaban J connectivity index is 2.57. The number of carbonyl (C=O) groups is 1. The predicted molar refractivity (Wildman–Crippen MR) is 47.6 cm³/mol. The van der Waals surface area contributed by atoms with Crippen molar-refractivity contribution in [3.63, 3.8) is 0 Å². The molecular formula is C9H10F2N2O. The Morgan fingerprint density at radius 2 is 2.14 bits per heavy atom. The van der Waals surface area contributed by atoms with Gasteiger partial charge in [-0.3, -0.25) is 0 Å². The standard InChI is InChI=1S/C9H10F2N2O/c10-7-1-2-8(11)6(5-7)3-4-13-9(12)14/h1-2,5H,3-4H2,(H3,12,13,14). The molecule has 3 nitrogen and oxygen atoms in total. The van der Waals surface area contributed by atoms with Crippen molar-refractivity contribution in [2.75, 3.05) is 6.54 Å². The first-order chi connectivity index (χ1) is 6.59. The van der Waals surface area contributed by atoms with E-state index in [4.69, 9.17) is 5.73 Å². The van der Waals surface area contributed by atoms with E-state index in [1.54, 1.807) is 0 Å². The van der Waals surface area contributed by atoms with Crippen molar-refractivity contribution in [3.8, 4) is 0 Å². The number of amides is 2. The third-order valence-electron chi connectivity index (χ3n) is 1.70. The number of halogens is 2. The van der Waals surface area contributed by atoms with E-state index in [1.807, 2.05) is 0 Å². The second-order valence-electron chi connectivity index (χ2n) is 2.78. The summed E-state index contributed by atoms with van der Waals surface area (Å²) in [5, 5.41) is 2.29. The Morgan fingerprint density at radius 1 is 1.43 bits per heavy atom. The van der Waals surface area contributed by atoms with E-state index >= 15 is 0 Å². The minimum absolute atomic E-state index is 0.190. The Hall–Kier alpha value is -1.65. The monoisotopic (exact) mass is 200 g/mol. The lowest BCUT2D eigenvalue weighted by atomic mass is 10.1. The topological polar surface area (TPSA) is 55.1 Å². The summed E-state index contributed by atoms with van der Waals surface area (Å²) in [4.78, 5) is 10.3. The predicted octanol–water partition coefficient (Wildman–Crippen LogP) is 1.18. The molecule has 76 valence electrons. The highest BCUT2D eigenvalue weighted by Gasteiger charge is 2.03. The molecule has 2 amide bonds. The van der Waals surface area contributed by atoms with Crippen molar-refractivity contribution in [3.05, 3.63) is 35.4 Å². The lowest BCUT2D eigenvalue weighted by Gasteiger charge is -2.03. The van der Waals surface area contributed by atoms with Gasteiger partial charge in [0.25, 0.3) is 0 Å². The number of primary amides is 1. The Labute approximate surface area is 79.9 Å². The van der Waals surface area contributed by atoms with Gasteiger partial charge in [0.15, 0.2) is 0 Å². The maximum absolute atomic E-state index is 13.0. The highest BCUT2D eigenvalue weighted by Crippen LogP contribution is 2.09. The number of carbonyl (C=O) groups excluding carboxylic acids is 1. The van der Waals surface area contributed by atoms with Crippen LogP contribution in [0, 0.1) is 11.6 Å². The van der Waals surface area contributed by atoms with Crippen LogP contribution in [0.1, 0.15) is 5.56 Å². The van der Waals surface area contributed by atoms with E-state index in [0.717, 1.165) is 18.2 Å². The van der Waals surface area contributed by atoms with Gasteiger partial charge in [0.05, 0.1) is 0 Å². The molecule has 0 bridgehead atoms. The van der Waals surface area contributed by atoms with Gasteiger partial charge in [-0.25, -0.2) is 13.6 Å². The summed E-state index contributed by atoms with van der Waals surface area (Å²) in [6.07, 6.45) is 0.215. The molecule has 0 saturated carbocycles. The molecule has 0 aromatic heterocycles.